The molecule has 1 atom stereocenters. The molecule has 4 nitrogen and oxygen atoms in total. The second kappa shape index (κ2) is 6.12. The van der Waals surface area contributed by atoms with E-state index >= 15 is 0 Å². The molecule has 4 heteroatoms. The van der Waals surface area contributed by atoms with Crippen molar-refractivity contribution in [3.8, 4) is 0 Å². The maximum absolute atomic E-state index is 12.1. The van der Waals surface area contributed by atoms with E-state index in [0.29, 0.717) is 17.9 Å². The smallest absolute Gasteiger partial charge is 0.317 e. The molecule has 0 aromatic heterocycles. The molecule has 0 bridgehead atoms. The molecule has 2 aliphatic rings. The topological polar surface area (TPSA) is 41.6 Å². The summed E-state index contributed by atoms with van der Waals surface area (Å²) >= 11 is 0. The molecule has 110 valence electrons. The lowest BCUT2D eigenvalue weighted by Crippen LogP contribution is -2.45. The Morgan fingerprint density at radius 2 is 2.00 bits per heavy atom. The van der Waals surface area contributed by atoms with Crippen molar-refractivity contribution >= 4 is 6.03 Å². The summed E-state index contributed by atoms with van der Waals surface area (Å²) in [6.45, 7) is 9.50. The van der Waals surface area contributed by atoms with Crippen molar-refractivity contribution < 1.29 is 9.53 Å². The van der Waals surface area contributed by atoms with Crippen LogP contribution >= 0.6 is 0 Å². The highest BCUT2D eigenvalue weighted by Crippen LogP contribution is 2.47. The Morgan fingerprint density at radius 1 is 1.26 bits per heavy atom. The fraction of sp³-hybridized carbons (Fsp3) is 0.933. The van der Waals surface area contributed by atoms with Crippen molar-refractivity contribution in [3.05, 3.63) is 0 Å². The normalized spacial score (nSPS) is 22.6. The van der Waals surface area contributed by atoms with Crippen LogP contribution in [0.3, 0.4) is 0 Å². The van der Waals surface area contributed by atoms with Crippen LogP contribution in [0.25, 0.3) is 0 Å². The van der Waals surface area contributed by atoms with E-state index in [1.165, 1.54) is 25.7 Å². The molecule has 1 saturated carbocycles. The van der Waals surface area contributed by atoms with Gasteiger partial charge in [0.2, 0.25) is 0 Å². The van der Waals surface area contributed by atoms with E-state index < -0.39 is 0 Å². The number of likely N-dealkylation sites (tertiary alicyclic amines) is 1. The lowest BCUT2D eigenvalue weighted by atomic mass is 9.68. The first-order valence-corrected chi connectivity index (χ1v) is 7.64. The van der Waals surface area contributed by atoms with Crippen molar-refractivity contribution in [3.63, 3.8) is 0 Å². The molecular formula is C15H28N2O2. The number of nitrogens with one attached hydrogen (secondary N) is 1. The Labute approximate surface area is 116 Å². The predicted molar refractivity (Wildman–Crippen MR) is 76.1 cm³/mol. The number of ether oxygens (including phenoxy) is 1. The second-order valence-corrected chi connectivity index (χ2v) is 6.81. The molecule has 0 aromatic rings. The molecule has 1 heterocycles. The molecule has 1 saturated heterocycles. The third-order valence-corrected chi connectivity index (χ3v) is 4.33. The summed E-state index contributed by atoms with van der Waals surface area (Å²) in [5.74, 6) is 0.542. The van der Waals surface area contributed by atoms with Gasteiger partial charge in [-0.15, -0.1) is 0 Å². The molecule has 2 fully saturated rings. The number of rotatable bonds is 5. The van der Waals surface area contributed by atoms with Crippen molar-refractivity contribution in [2.45, 2.75) is 52.5 Å². The Balaban J connectivity index is 1.66. The summed E-state index contributed by atoms with van der Waals surface area (Å²) < 4.78 is 5.56. The standard InChI is InChI=1S/C15H28N2O2/c1-12(2)9-19-10-13(3)16-14(18)17-8-7-15(11-17)5-4-6-15/h12-13H,4-11H2,1-3H3,(H,16,18)/t13-/m1/s1. The minimum atomic E-state index is 0.0872. The highest BCUT2D eigenvalue weighted by molar-refractivity contribution is 5.74. The van der Waals surface area contributed by atoms with Gasteiger partial charge in [0.05, 0.1) is 12.6 Å². The lowest BCUT2D eigenvalue weighted by Gasteiger charge is -2.38. The van der Waals surface area contributed by atoms with E-state index in [4.69, 9.17) is 4.74 Å². The quantitative estimate of drug-likeness (QED) is 0.833. The molecule has 1 spiro atoms. The summed E-state index contributed by atoms with van der Waals surface area (Å²) in [6, 6.07) is 0.175. The Hall–Kier alpha value is -0.770. The number of amides is 2. The van der Waals surface area contributed by atoms with Gasteiger partial charge < -0.3 is 15.0 Å². The minimum Gasteiger partial charge on any atom is -0.379 e. The zero-order valence-electron chi connectivity index (χ0n) is 12.6. The fourth-order valence-electron chi connectivity index (χ4n) is 3.02. The fourth-order valence-corrected chi connectivity index (χ4v) is 3.02. The van der Waals surface area contributed by atoms with E-state index in [9.17, 15) is 4.79 Å². The average molecular weight is 268 g/mol. The highest BCUT2D eigenvalue weighted by Gasteiger charge is 2.44. The minimum absolute atomic E-state index is 0.0872. The third kappa shape index (κ3) is 3.85. The Morgan fingerprint density at radius 3 is 2.53 bits per heavy atom. The van der Waals surface area contributed by atoms with Crippen LogP contribution in [0.15, 0.2) is 0 Å². The van der Waals surface area contributed by atoms with Gasteiger partial charge in [-0.3, -0.25) is 0 Å². The van der Waals surface area contributed by atoms with Crippen LogP contribution in [0, 0.1) is 11.3 Å². The summed E-state index contributed by atoms with van der Waals surface area (Å²) in [4.78, 5) is 14.1. The van der Waals surface area contributed by atoms with Crippen molar-refractivity contribution in [1.82, 2.24) is 10.2 Å². The number of carbonyl (C=O) groups excluding carboxylic acids is 1. The van der Waals surface area contributed by atoms with Gasteiger partial charge in [0.15, 0.2) is 0 Å². The molecule has 2 rings (SSSR count). The molecule has 0 aromatic carbocycles. The monoisotopic (exact) mass is 268 g/mol. The van der Waals surface area contributed by atoms with E-state index in [1.807, 2.05) is 11.8 Å². The Kier molecular flexibility index (Phi) is 4.71. The number of hydrogen-bond acceptors (Lipinski definition) is 2. The van der Waals surface area contributed by atoms with E-state index in [2.05, 4.69) is 19.2 Å². The molecule has 0 radical (unpaired) electrons. The lowest BCUT2D eigenvalue weighted by molar-refractivity contribution is 0.0926. The molecule has 1 aliphatic carbocycles. The first-order valence-electron chi connectivity index (χ1n) is 7.64. The summed E-state index contributed by atoms with van der Waals surface area (Å²) in [5, 5.41) is 3.04. The molecule has 0 unspecified atom stereocenters. The van der Waals surface area contributed by atoms with Crippen LogP contribution in [-0.2, 0) is 4.74 Å². The van der Waals surface area contributed by atoms with Crippen LogP contribution in [-0.4, -0.2) is 43.3 Å². The molecule has 1 N–H and O–H groups in total. The van der Waals surface area contributed by atoms with Crippen LogP contribution < -0.4 is 5.32 Å². The van der Waals surface area contributed by atoms with E-state index in [-0.39, 0.29) is 12.1 Å². The van der Waals surface area contributed by atoms with E-state index in [1.54, 1.807) is 0 Å². The predicted octanol–water partition coefficient (Wildman–Crippen LogP) is 2.63. The first-order chi connectivity index (χ1) is 9.01. The third-order valence-electron chi connectivity index (χ3n) is 4.33. The van der Waals surface area contributed by atoms with Gasteiger partial charge in [-0.2, -0.15) is 0 Å². The van der Waals surface area contributed by atoms with Crippen LogP contribution in [0.2, 0.25) is 0 Å². The molecule has 1 aliphatic heterocycles. The SMILES string of the molecule is CC(C)COC[C@@H](C)NC(=O)N1CCC2(CCC2)C1. The largest absolute Gasteiger partial charge is 0.379 e. The van der Waals surface area contributed by atoms with Crippen LogP contribution in [0.1, 0.15) is 46.5 Å². The summed E-state index contributed by atoms with van der Waals surface area (Å²) in [6.07, 6.45) is 5.15. The van der Waals surface area contributed by atoms with Gasteiger partial charge in [0, 0.05) is 19.7 Å². The van der Waals surface area contributed by atoms with Gasteiger partial charge in [-0.05, 0) is 37.5 Å². The van der Waals surface area contributed by atoms with Crippen molar-refractivity contribution in [1.29, 1.82) is 0 Å². The second-order valence-electron chi connectivity index (χ2n) is 6.81. The summed E-state index contributed by atoms with van der Waals surface area (Å²) in [5.41, 5.74) is 0.481. The van der Waals surface area contributed by atoms with Crippen LogP contribution in [0.4, 0.5) is 4.79 Å². The molecule has 2 amide bonds. The number of nitrogens with zero attached hydrogens (tertiary/aromatic N) is 1. The van der Waals surface area contributed by atoms with Gasteiger partial charge >= 0.3 is 6.03 Å². The maximum Gasteiger partial charge on any atom is 0.317 e. The van der Waals surface area contributed by atoms with Crippen molar-refractivity contribution in [2.75, 3.05) is 26.3 Å². The molecular weight excluding hydrogens is 240 g/mol. The van der Waals surface area contributed by atoms with Gasteiger partial charge in [-0.1, -0.05) is 20.3 Å². The molecule has 19 heavy (non-hydrogen) atoms. The average Bonchev–Trinajstić information content (AvgIpc) is 2.73. The number of hydrogen-bond donors (Lipinski definition) is 1. The number of carbonyl (C=O) groups is 1. The summed E-state index contributed by atoms with van der Waals surface area (Å²) in [7, 11) is 0. The maximum atomic E-state index is 12.1. The van der Waals surface area contributed by atoms with Crippen molar-refractivity contribution in [2.24, 2.45) is 11.3 Å². The number of urea groups is 1. The highest BCUT2D eigenvalue weighted by atomic mass is 16.5. The first kappa shape index (κ1) is 14.6. The van der Waals surface area contributed by atoms with Gasteiger partial charge in [0.1, 0.15) is 0 Å². The van der Waals surface area contributed by atoms with Gasteiger partial charge in [0.25, 0.3) is 0 Å². The van der Waals surface area contributed by atoms with E-state index in [0.717, 1.165) is 19.7 Å². The zero-order valence-corrected chi connectivity index (χ0v) is 12.6. The zero-order chi connectivity index (χ0) is 13.9. The Bertz CT molecular complexity index is 313. The van der Waals surface area contributed by atoms with Crippen LogP contribution in [0.5, 0.6) is 0 Å². The van der Waals surface area contributed by atoms with Gasteiger partial charge in [-0.25, -0.2) is 4.79 Å².